The van der Waals surface area contributed by atoms with E-state index >= 15 is 0 Å². The van der Waals surface area contributed by atoms with Gasteiger partial charge in [0.2, 0.25) is 0 Å². The lowest BCUT2D eigenvalue weighted by molar-refractivity contribution is 0.0613. The lowest BCUT2D eigenvalue weighted by Crippen LogP contribution is -2.61. The summed E-state index contributed by atoms with van der Waals surface area (Å²) in [6, 6.07) is 12.2. The van der Waals surface area contributed by atoms with Crippen molar-refractivity contribution >= 4 is 29.4 Å². The number of piperidine rings is 2. The molecule has 6 rings (SSSR count). The topological polar surface area (TPSA) is 91.1 Å². The summed E-state index contributed by atoms with van der Waals surface area (Å²) in [4.78, 5) is 30.2. The van der Waals surface area contributed by atoms with Crippen molar-refractivity contribution in [2.24, 2.45) is 11.3 Å². The Bertz CT molecular complexity index is 1520. The van der Waals surface area contributed by atoms with Crippen molar-refractivity contribution in [1.82, 2.24) is 24.1 Å². The molecule has 9 nitrogen and oxygen atoms in total. The molecule has 1 aromatic heterocycles. The molecule has 4 heterocycles. The van der Waals surface area contributed by atoms with Crippen LogP contribution >= 0.6 is 11.9 Å². The zero-order chi connectivity index (χ0) is 33.1. The second-order valence-corrected chi connectivity index (χ2v) is 15.2. The molecule has 0 bridgehead atoms. The van der Waals surface area contributed by atoms with Crippen LogP contribution in [0.1, 0.15) is 63.7 Å². The molecule has 0 unspecified atom stereocenters. The third-order valence-electron chi connectivity index (χ3n) is 9.85. The number of rotatable bonds is 10. The Morgan fingerprint density at radius 2 is 1.77 bits per heavy atom. The fraction of sp³-hybridized carbons (Fsp3) is 0.528. The number of amides is 1. The zero-order valence-corrected chi connectivity index (χ0v) is 28.9. The Morgan fingerprint density at radius 1 is 1.04 bits per heavy atom. The number of nitrogens with two attached hydrogens (primary N) is 1. The molecule has 3 aromatic rings. The maximum absolute atomic E-state index is 14.4. The summed E-state index contributed by atoms with van der Waals surface area (Å²) in [5.74, 6) is 1.49. The van der Waals surface area contributed by atoms with E-state index in [-0.39, 0.29) is 29.0 Å². The molecule has 3 aliphatic heterocycles. The van der Waals surface area contributed by atoms with Crippen LogP contribution in [0.4, 0.5) is 15.9 Å². The number of ether oxygens (including phenoxy) is 1. The first-order valence-electron chi connectivity index (χ1n) is 16.9. The van der Waals surface area contributed by atoms with Gasteiger partial charge in [-0.25, -0.2) is 18.7 Å². The molecule has 47 heavy (non-hydrogen) atoms. The quantitative estimate of drug-likeness (QED) is 0.191. The maximum Gasteiger partial charge on any atom is 0.258 e. The van der Waals surface area contributed by atoms with E-state index in [1.165, 1.54) is 61.6 Å². The third-order valence-corrected chi connectivity index (χ3v) is 10.9. The van der Waals surface area contributed by atoms with Gasteiger partial charge < -0.3 is 25.2 Å². The van der Waals surface area contributed by atoms with Gasteiger partial charge in [0.1, 0.15) is 17.9 Å². The van der Waals surface area contributed by atoms with E-state index in [0.717, 1.165) is 50.9 Å². The number of benzene rings is 2. The molecule has 1 amide bonds. The van der Waals surface area contributed by atoms with Gasteiger partial charge in [-0.15, -0.1) is 0 Å². The lowest BCUT2D eigenvalue weighted by atomic mass is 9.72. The minimum atomic E-state index is -0.479. The fourth-order valence-corrected chi connectivity index (χ4v) is 8.43. The van der Waals surface area contributed by atoms with Crippen molar-refractivity contribution < 1.29 is 13.9 Å². The number of carbonyl (C=O) groups excluding carboxylic acids is 1. The summed E-state index contributed by atoms with van der Waals surface area (Å²) in [7, 11) is 0. The highest BCUT2D eigenvalue weighted by molar-refractivity contribution is 7.97. The van der Waals surface area contributed by atoms with Crippen molar-refractivity contribution in [3.8, 4) is 11.5 Å². The minimum Gasteiger partial charge on any atom is -0.451 e. The number of nitrogens with zero attached hydrogens (tertiary/aromatic N) is 6. The van der Waals surface area contributed by atoms with E-state index in [9.17, 15) is 9.18 Å². The van der Waals surface area contributed by atoms with Crippen LogP contribution in [0.5, 0.6) is 11.5 Å². The second kappa shape index (κ2) is 14.4. The highest BCUT2D eigenvalue weighted by Gasteiger charge is 2.46. The summed E-state index contributed by atoms with van der Waals surface area (Å²) in [5.41, 5.74) is 7.26. The van der Waals surface area contributed by atoms with Crippen LogP contribution in [0, 0.1) is 17.2 Å². The maximum atomic E-state index is 14.4. The van der Waals surface area contributed by atoms with Gasteiger partial charge in [0.25, 0.3) is 5.91 Å². The van der Waals surface area contributed by atoms with Crippen molar-refractivity contribution in [1.29, 1.82) is 0 Å². The number of hydrogen-bond donors (Lipinski definition) is 1. The van der Waals surface area contributed by atoms with Crippen LogP contribution in [0.3, 0.4) is 0 Å². The van der Waals surface area contributed by atoms with Crippen LogP contribution in [-0.2, 0) is 0 Å². The first-order valence-corrected chi connectivity index (χ1v) is 17.7. The van der Waals surface area contributed by atoms with E-state index in [1.54, 1.807) is 11.1 Å². The standard InChI is InChI=1S/C36H48FN7O2S/c1-25(2)44(26(3)4)35(45)31-18-28(37)8-9-32(31)46-33-20-39-24-40-34(33)42-22-36(23-42)12-16-41(17-13-36)21-27-10-14-43(15-11-27)47-30-7-5-6-29(38)19-30/h5-9,18-20,24-27H,10-17,21-23,38H2,1-4H3. The summed E-state index contributed by atoms with van der Waals surface area (Å²) < 4.78 is 23.2. The van der Waals surface area contributed by atoms with Gasteiger partial charge in [-0.3, -0.25) is 4.79 Å². The summed E-state index contributed by atoms with van der Waals surface area (Å²) in [5, 5.41) is 0. The molecule has 11 heteroatoms. The average Bonchev–Trinajstić information content (AvgIpc) is 3.02. The van der Waals surface area contributed by atoms with E-state index in [1.807, 2.05) is 51.8 Å². The van der Waals surface area contributed by atoms with Gasteiger partial charge in [-0.1, -0.05) is 6.07 Å². The Hall–Kier alpha value is -3.41. The van der Waals surface area contributed by atoms with Gasteiger partial charge >= 0.3 is 0 Å². The number of anilines is 2. The first kappa shape index (κ1) is 33.5. The first-order chi connectivity index (χ1) is 22.6. The number of nitrogen functional groups attached to an aromatic ring is 1. The Labute approximate surface area is 282 Å². The van der Waals surface area contributed by atoms with Crippen molar-refractivity contribution in [3.05, 3.63) is 66.4 Å². The van der Waals surface area contributed by atoms with Crippen LogP contribution in [0.25, 0.3) is 0 Å². The Morgan fingerprint density at radius 3 is 2.45 bits per heavy atom. The molecule has 0 atom stereocenters. The summed E-state index contributed by atoms with van der Waals surface area (Å²) in [6.07, 6.45) is 7.98. The van der Waals surface area contributed by atoms with Gasteiger partial charge in [0.05, 0.1) is 11.8 Å². The van der Waals surface area contributed by atoms with Gasteiger partial charge in [-0.05, 0) is 121 Å². The number of aromatic nitrogens is 2. The van der Waals surface area contributed by atoms with Crippen LogP contribution in [0.15, 0.2) is 59.9 Å². The molecule has 0 aliphatic carbocycles. The molecule has 0 saturated carbocycles. The van der Waals surface area contributed by atoms with Crippen LogP contribution in [-0.4, -0.2) is 87.9 Å². The molecule has 3 aliphatic rings. The summed E-state index contributed by atoms with van der Waals surface area (Å²) >= 11 is 1.83. The summed E-state index contributed by atoms with van der Waals surface area (Å²) in [6.45, 7) is 15.3. The molecule has 0 radical (unpaired) electrons. The predicted molar refractivity (Wildman–Crippen MR) is 186 cm³/mol. The van der Waals surface area contributed by atoms with Crippen molar-refractivity contribution in [2.75, 3.05) is 56.4 Å². The largest absolute Gasteiger partial charge is 0.451 e. The Kier molecular flexibility index (Phi) is 10.2. The second-order valence-electron chi connectivity index (χ2n) is 14.0. The fourth-order valence-electron chi connectivity index (χ4n) is 7.41. The van der Waals surface area contributed by atoms with Gasteiger partial charge in [0, 0.05) is 60.8 Å². The normalized spacial score (nSPS) is 18.9. The number of carbonyl (C=O) groups is 1. The van der Waals surface area contributed by atoms with Crippen LogP contribution < -0.4 is 15.4 Å². The molecule has 3 saturated heterocycles. The predicted octanol–water partition coefficient (Wildman–Crippen LogP) is 6.57. The number of halogens is 1. The van der Waals surface area contributed by atoms with Crippen molar-refractivity contribution in [3.63, 3.8) is 0 Å². The highest BCUT2D eigenvalue weighted by Crippen LogP contribution is 2.45. The van der Waals surface area contributed by atoms with Crippen molar-refractivity contribution in [2.45, 2.75) is 70.4 Å². The van der Waals surface area contributed by atoms with Crippen LogP contribution in [0.2, 0.25) is 0 Å². The highest BCUT2D eigenvalue weighted by atomic mass is 32.2. The molecule has 1 spiro atoms. The SMILES string of the molecule is CC(C)N(C(=O)c1cc(F)ccc1Oc1cncnc1N1CC2(CCN(CC3CCN(Sc4cccc(N)c4)CC3)CC2)C1)C(C)C. The molecular formula is C36H48FN7O2S. The molecule has 2 aromatic carbocycles. The number of hydrogen-bond acceptors (Lipinski definition) is 9. The van der Waals surface area contributed by atoms with E-state index in [0.29, 0.717) is 17.3 Å². The third kappa shape index (κ3) is 7.84. The van der Waals surface area contributed by atoms with Gasteiger partial charge in [-0.2, -0.15) is 0 Å². The molecular weight excluding hydrogens is 614 g/mol. The molecule has 2 N–H and O–H groups in total. The number of likely N-dealkylation sites (tertiary alicyclic amines) is 1. The minimum absolute atomic E-state index is 0.0457. The molecule has 3 fully saturated rings. The zero-order valence-electron chi connectivity index (χ0n) is 28.1. The van der Waals surface area contributed by atoms with E-state index < -0.39 is 5.82 Å². The van der Waals surface area contributed by atoms with E-state index in [4.69, 9.17) is 10.5 Å². The smallest absolute Gasteiger partial charge is 0.258 e. The van der Waals surface area contributed by atoms with E-state index in [2.05, 4.69) is 36.2 Å². The average molecular weight is 662 g/mol. The van der Waals surface area contributed by atoms with Gasteiger partial charge in [0.15, 0.2) is 11.6 Å². The molecule has 252 valence electrons. The lowest BCUT2D eigenvalue weighted by Gasteiger charge is -2.54. The monoisotopic (exact) mass is 661 g/mol. The Balaban J connectivity index is 1.02.